The monoisotopic (exact) mass is 227 g/mol. The molecule has 0 heterocycles. The van der Waals surface area contributed by atoms with E-state index in [9.17, 15) is 10.2 Å². The molecular formula is C9H22ClNO3. The number of aliphatic hydroxyl groups excluding tert-OH is 3. The highest BCUT2D eigenvalue weighted by molar-refractivity contribution is 4.54. The van der Waals surface area contributed by atoms with Crippen molar-refractivity contribution in [1.29, 1.82) is 0 Å². The van der Waals surface area contributed by atoms with E-state index in [0.29, 0.717) is 17.6 Å². The molecule has 5 heteroatoms. The largest absolute Gasteiger partial charge is 1.00 e. The first-order valence-electron chi connectivity index (χ1n) is 4.70. The highest BCUT2D eigenvalue weighted by Gasteiger charge is 2.22. The molecule has 0 aliphatic carbocycles. The van der Waals surface area contributed by atoms with Crippen molar-refractivity contribution in [2.24, 2.45) is 0 Å². The van der Waals surface area contributed by atoms with Gasteiger partial charge in [0, 0.05) is 0 Å². The minimum atomic E-state index is -0.695. The number of halogens is 1. The Labute approximate surface area is 92.2 Å². The van der Waals surface area contributed by atoms with Crippen molar-refractivity contribution < 1.29 is 32.2 Å². The number of aliphatic hydroxyl groups is 3. The van der Waals surface area contributed by atoms with Crippen LogP contribution in [0.25, 0.3) is 0 Å². The van der Waals surface area contributed by atoms with Crippen LogP contribution in [0.15, 0.2) is 0 Å². The summed E-state index contributed by atoms with van der Waals surface area (Å²) in [4.78, 5) is 0. The molecule has 0 saturated carbocycles. The molecule has 4 nitrogen and oxygen atoms in total. The first-order chi connectivity index (χ1) is 5.91. The molecule has 0 aromatic heterocycles. The summed E-state index contributed by atoms with van der Waals surface area (Å²) in [5.74, 6) is 0. The molecular weight excluding hydrogens is 206 g/mol. The maximum absolute atomic E-state index is 9.42. The van der Waals surface area contributed by atoms with E-state index < -0.39 is 6.10 Å². The van der Waals surface area contributed by atoms with Gasteiger partial charge in [-0.15, -0.1) is 0 Å². The molecule has 0 aliphatic rings. The molecule has 0 aromatic rings. The van der Waals surface area contributed by atoms with Gasteiger partial charge >= 0.3 is 0 Å². The van der Waals surface area contributed by atoms with E-state index in [4.69, 9.17) is 5.11 Å². The van der Waals surface area contributed by atoms with Gasteiger partial charge in [-0.05, 0) is 6.42 Å². The van der Waals surface area contributed by atoms with Gasteiger partial charge in [-0.3, -0.25) is 0 Å². The third-order valence-corrected chi connectivity index (χ3v) is 2.09. The van der Waals surface area contributed by atoms with Crippen molar-refractivity contribution in [3.8, 4) is 0 Å². The van der Waals surface area contributed by atoms with E-state index in [-0.39, 0.29) is 25.1 Å². The van der Waals surface area contributed by atoms with Crippen LogP contribution in [0.5, 0.6) is 0 Å². The van der Waals surface area contributed by atoms with Crippen molar-refractivity contribution in [1.82, 2.24) is 0 Å². The molecule has 0 spiro atoms. The summed E-state index contributed by atoms with van der Waals surface area (Å²) in [7, 11) is 3.86. The van der Waals surface area contributed by atoms with Crippen LogP contribution in [-0.4, -0.2) is 65.8 Å². The lowest BCUT2D eigenvalue weighted by Crippen LogP contribution is -3.00. The summed E-state index contributed by atoms with van der Waals surface area (Å²) in [6, 6.07) is 0. The second-order valence-corrected chi connectivity index (χ2v) is 4.20. The third-order valence-electron chi connectivity index (χ3n) is 2.09. The Kier molecular flexibility index (Phi) is 8.78. The lowest BCUT2D eigenvalue weighted by atomic mass is 10.2. The second kappa shape index (κ2) is 7.43. The third kappa shape index (κ3) is 7.53. The molecule has 3 N–H and O–H groups in total. The SMILES string of the molecule is CCC(O)C[N+](C)(C)CC(O)CO.[Cl-]. The van der Waals surface area contributed by atoms with Crippen LogP contribution >= 0.6 is 0 Å². The summed E-state index contributed by atoms with van der Waals surface area (Å²) < 4.78 is 0.525. The zero-order valence-corrected chi connectivity index (χ0v) is 9.91. The zero-order valence-electron chi connectivity index (χ0n) is 9.15. The topological polar surface area (TPSA) is 60.7 Å². The minimum Gasteiger partial charge on any atom is -1.00 e. The second-order valence-electron chi connectivity index (χ2n) is 4.20. The van der Waals surface area contributed by atoms with Crippen molar-refractivity contribution in [3.63, 3.8) is 0 Å². The van der Waals surface area contributed by atoms with Crippen molar-refractivity contribution in [2.45, 2.75) is 25.6 Å². The Bertz CT molecular complexity index is 130. The van der Waals surface area contributed by atoms with Gasteiger partial charge < -0.3 is 32.2 Å². The fraction of sp³-hybridized carbons (Fsp3) is 1.00. The van der Waals surface area contributed by atoms with Crippen LogP contribution in [0.4, 0.5) is 0 Å². The minimum absolute atomic E-state index is 0. The molecule has 0 saturated heterocycles. The van der Waals surface area contributed by atoms with E-state index >= 15 is 0 Å². The van der Waals surface area contributed by atoms with Crippen LogP contribution in [0.2, 0.25) is 0 Å². The van der Waals surface area contributed by atoms with E-state index in [1.165, 1.54) is 0 Å². The molecule has 14 heavy (non-hydrogen) atoms. The van der Waals surface area contributed by atoms with Gasteiger partial charge in [0.25, 0.3) is 0 Å². The smallest absolute Gasteiger partial charge is 0.126 e. The van der Waals surface area contributed by atoms with Crippen molar-refractivity contribution in [3.05, 3.63) is 0 Å². The average Bonchev–Trinajstić information content (AvgIpc) is 2.02. The summed E-state index contributed by atoms with van der Waals surface area (Å²) in [5.41, 5.74) is 0. The van der Waals surface area contributed by atoms with Crippen LogP contribution in [0, 0.1) is 0 Å². The van der Waals surface area contributed by atoms with Crippen LogP contribution < -0.4 is 12.4 Å². The predicted octanol–water partition coefficient (Wildman–Crippen LogP) is -3.81. The lowest BCUT2D eigenvalue weighted by molar-refractivity contribution is -0.896. The molecule has 0 aromatic carbocycles. The number of nitrogens with zero attached hydrogens (tertiary/aromatic N) is 1. The summed E-state index contributed by atoms with van der Waals surface area (Å²) >= 11 is 0. The van der Waals surface area contributed by atoms with Crippen molar-refractivity contribution >= 4 is 0 Å². The molecule has 0 amide bonds. The van der Waals surface area contributed by atoms with E-state index in [1.807, 2.05) is 21.0 Å². The number of rotatable bonds is 6. The van der Waals surface area contributed by atoms with E-state index in [1.54, 1.807) is 0 Å². The number of likely N-dealkylation sites (N-methyl/N-ethyl adjacent to an activating group) is 1. The quantitative estimate of drug-likeness (QED) is 0.408. The van der Waals surface area contributed by atoms with Gasteiger partial charge in [0.2, 0.25) is 0 Å². The molecule has 0 rings (SSSR count). The number of hydrogen-bond donors (Lipinski definition) is 3. The Morgan fingerprint density at radius 1 is 1.07 bits per heavy atom. The molecule has 0 radical (unpaired) electrons. The van der Waals surface area contributed by atoms with Gasteiger partial charge in [-0.25, -0.2) is 0 Å². The molecule has 0 aliphatic heterocycles. The Morgan fingerprint density at radius 2 is 1.50 bits per heavy atom. The fourth-order valence-corrected chi connectivity index (χ4v) is 1.40. The summed E-state index contributed by atoms with van der Waals surface area (Å²) in [6.45, 7) is 2.78. The zero-order chi connectivity index (χ0) is 10.5. The van der Waals surface area contributed by atoms with Crippen LogP contribution in [0.3, 0.4) is 0 Å². The highest BCUT2D eigenvalue weighted by atomic mass is 35.5. The first kappa shape index (κ1) is 16.6. The highest BCUT2D eigenvalue weighted by Crippen LogP contribution is 2.04. The van der Waals surface area contributed by atoms with Crippen LogP contribution in [-0.2, 0) is 0 Å². The van der Waals surface area contributed by atoms with Gasteiger partial charge in [0.15, 0.2) is 0 Å². The standard InChI is InChI=1S/C9H22NO3.ClH/c1-4-8(12)5-10(2,3)6-9(13)7-11;/h8-9,11-13H,4-7H2,1-3H3;1H/q+1;/p-1. The van der Waals surface area contributed by atoms with Gasteiger partial charge in [0.05, 0.1) is 20.7 Å². The molecule has 0 fully saturated rings. The van der Waals surface area contributed by atoms with Gasteiger partial charge in [0.1, 0.15) is 25.3 Å². The van der Waals surface area contributed by atoms with E-state index in [2.05, 4.69) is 0 Å². The normalized spacial score (nSPS) is 15.9. The molecule has 0 bridgehead atoms. The van der Waals surface area contributed by atoms with E-state index in [0.717, 1.165) is 6.42 Å². The first-order valence-corrected chi connectivity index (χ1v) is 4.70. The molecule has 88 valence electrons. The van der Waals surface area contributed by atoms with Crippen molar-refractivity contribution in [2.75, 3.05) is 33.8 Å². The van der Waals surface area contributed by atoms with Gasteiger partial charge in [-0.2, -0.15) is 0 Å². The molecule has 2 unspecified atom stereocenters. The van der Waals surface area contributed by atoms with Crippen LogP contribution in [0.1, 0.15) is 13.3 Å². The Morgan fingerprint density at radius 3 is 1.86 bits per heavy atom. The average molecular weight is 228 g/mol. The summed E-state index contributed by atoms with van der Waals surface area (Å²) in [5, 5.41) is 27.3. The maximum atomic E-state index is 9.42. The maximum Gasteiger partial charge on any atom is 0.126 e. The number of hydrogen-bond acceptors (Lipinski definition) is 3. The number of quaternary nitrogens is 1. The Hall–Kier alpha value is 0.130. The Balaban J connectivity index is 0. The van der Waals surface area contributed by atoms with Gasteiger partial charge in [-0.1, -0.05) is 6.92 Å². The molecule has 2 atom stereocenters. The lowest BCUT2D eigenvalue weighted by Gasteiger charge is -2.33. The summed E-state index contributed by atoms with van der Waals surface area (Å²) in [6.07, 6.45) is -0.309. The fourth-order valence-electron chi connectivity index (χ4n) is 1.40. The predicted molar refractivity (Wildman–Crippen MR) is 51.2 cm³/mol.